The lowest BCUT2D eigenvalue weighted by Crippen LogP contribution is -2.16. The van der Waals surface area contributed by atoms with Crippen LogP contribution >= 0.6 is 0 Å². The van der Waals surface area contributed by atoms with Crippen LogP contribution in [0, 0.1) is 10.1 Å². The highest BCUT2D eigenvalue weighted by atomic mass is 16.6. The van der Waals surface area contributed by atoms with Crippen LogP contribution in [-0.4, -0.2) is 16.6 Å². The molecule has 7 nitrogen and oxygen atoms in total. The van der Waals surface area contributed by atoms with E-state index < -0.39 is 10.8 Å². The van der Waals surface area contributed by atoms with Crippen molar-refractivity contribution < 1.29 is 14.5 Å². The van der Waals surface area contributed by atoms with Gasteiger partial charge in [-0.1, -0.05) is 30.3 Å². The maximum atomic E-state index is 11.9. The van der Waals surface area contributed by atoms with E-state index in [1.165, 1.54) is 12.1 Å². The highest BCUT2D eigenvalue weighted by Crippen LogP contribution is 2.25. The number of rotatable bonds is 5. The van der Waals surface area contributed by atoms with Gasteiger partial charge in [0.15, 0.2) is 5.78 Å². The fourth-order valence-corrected chi connectivity index (χ4v) is 1.86. The Hall–Kier alpha value is -3.22. The van der Waals surface area contributed by atoms with Gasteiger partial charge in [-0.25, -0.2) is 0 Å². The fourth-order valence-electron chi connectivity index (χ4n) is 1.86. The zero-order valence-electron chi connectivity index (χ0n) is 11.5. The van der Waals surface area contributed by atoms with E-state index in [9.17, 15) is 19.7 Å². The van der Waals surface area contributed by atoms with Gasteiger partial charge in [-0.05, 0) is 12.1 Å². The summed E-state index contributed by atoms with van der Waals surface area (Å²) in [6.45, 7) is 0. The van der Waals surface area contributed by atoms with E-state index in [1.807, 2.05) is 0 Å². The number of anilines is 2. The molecule has 0 radical (unpaired) electrons. The van der Waals surface area contributed by atoms with E-state index in [4.69, 9.17) is 5.73 Å². The molecular formula is C15H13N3O4. The summed E-state index contributed by atoms with van der Waals surface area (Å²) in [7, 11) is 0. The number of nitrogens with zero attached hydrogens (tertiary/aromatic N) is 1. The minimum absolute atomic E-state index is 0.00311. The molecule has 0 aromatic heterocycles. The first kappa shape index (κ1) is 15.2. The number of Topliss-reactive ketones (excluding diaryl/α,β-unsaturated/α-hetero) is 1. The number of nitrogens with one attached hydrogen (secondary N) is 1. The third kappa shape index (κ3) is 3.66. The summed E-state index contributed by atoms with van der Waals surface area (Å²) in [6, 6.07) is 12.3. The molecule has 0 fully saturated rings. The van der Waals surface area contributed by atoms with Crippen molar-refractivity contribution in [2.75, 3.05) is 11.1 Å². The SMILES string of the molecule is Nc1ccc(NC(=O)CC(=O)c2ccccc2)cc1[N+](=O)[O-]. The highest BCUT2D eigenvalue weighted by Gasteiger charge is 2.15. The first-order valence-corrected chi connectivity index (χ1v) is 6.39. The van der Waals surface area contributed by atoms with Crippen molar-refractivity contribution in [1.82, 2.24) is 0 Å². The molecule has 0 spiro atoms. The smallest absolute Gasteiger partial charge is 0.294 e. The van der Waals surface area contributed by atoms with Crippen molar-refractivity contribution in [3.8, 4) is 0 Å². The number of hydrogen-bond acceptors (Lipinski definition) is 5. The van der Waals surface area contributed by atoms with E-state index in [1.54, 1.807) is 30.3 Å². The summed E-state index contributed by atoms with van der Waals surface area (Å²) in [6.07, 6.45) is -0.345. The molecule has 0 bridgehead atoms. The molecular weight excluding hydrogens is 286 g/mol. The fraction of sp³-hybridized carbons (Fsp3) is 0.0667. The maximum absolute atomic E-state index is 11.9. The summed E-state index contributed by atoms with van der Waals surface area (Å²) in [5, 5.41) is 13.2. The molecule has 0 aliphatic heterocycles. The first-order chi connectivity index (χ1) is 10.5. The third-order valence-corrected chi connectivity index (χ3v) is 2.93. The van der Waals surface area contributed by atoms with Gasteiger partial charge in [0.2, 0.25) is 5.91 Å². The van der Waals surface area contributed by atoms with Gasteiger partial charge in [-0.15, -0.1) is 0 Å². The van der Waals surface area contributed by atoms with Crippen LogP contribution in [0.2, 0.25) is 0 Å². The topological polar surface area (TPSA) is 115 Å². The number of nitro benzene ring substituents is 1. The summed E-state index contributed by atoms with van der Waals surface area (Å²) in [4.78, 5) is 33.9. The maximum Gasteiger partial charge on any atom is 0.294 e. The van der Waals surface area contributed by atoms with Crippen LogP contribution < -0.4 is 11.1 Å². The van der Waals surface area contributed by atoms with E-state index >= 15 is 0 Å². The molecule has 0 aliphatic carbocycles. The highest BCUT2D eigenvalue weighted by molar-refractivity contribution is 6.11. The quantitative estimate of drug-likeness (QED) is 0.289. The number of hydrogen-bond donors (Lipinski definition) is 2. The van der Waals surface area contributed by atoms with Crippen molar-refractivity contribution in [2.45, 2.75) is 6.42 Å². The monoisotopic (exact) mass is 299 g/mol. The molecule has 2 rings (SSSR count). The number of ketones is 1. The predicted molar refractivity (Wildman–Crippen MR) is 81.5 cm³/mol. The number of amides is 1. The minimum atomic E-state index is -0.639. The molecule has 7 heteroatoms. The molecule has 0 atom stereocenters. The van der Waals surface area contributed by atoms with Crippen LogP contribution in [0.4, 0.5) is 17.1 Å². The Bertz CT molecular complexity index is 729. The second-order valence-electron chi connectivity index (χ2n) is 4.54. The number of carbonyl (C=O) groups excluding carboxylic acids is 2. The van der Waals surface area contributed by atoms with E-state index in [-0.39, 0.29) is 29.3 Å². The molecule has 2 aromatic rings. The van der Waals surface area contributed by atoms with Gasteiger partial charge >= 0.3 is 0 Å². The average molecular weight is 299 g/mol. The van der Waals surface area contributed by atoms with Gasteiger partial charge in [0.05, 0.1) is 11.3 Å². The molecule has 0 saturated heterocycles. The van der Waals surface area contributed by atoms with Gasteiger partial charge in [-0.3, -0.25) is 19.7 Å². The predicted octanol–water partition coefficient (Wildman–Crippen LogP) is 2.39. The Labute approximate surface area is 125 Å². The van der Waals surface area contributed by atoms with Gasteiger partial charge in [0.1, 0.15) is 5.69 Å². The Morgan fingerprint density at radius 1 is 1.14 bits per heavy atom. The van der Waals surface area contributed by atoms with Crippen molar-refractivity contribution in [3.05, 3.63) is 64.2 Å². The lowest BCUT2D eigenvalue weighted by Gasteiger charge is -2.06. The van der Waals surface area contributed by atoms with Crippen LogP contribution in [-0.2, 0) is 4.79 Å². The van der Waals surface area contributed by atoms with Crippen molar-refractivity contribution in [2.24, 2.45) is 0 Å². The molecule has 3 N–H and O–H groups in total. The van der Waals surface area contributed by atoms with Crippen molar-refractivity contribution in [3.63, 3.8) is 0 Å². The molecule has 1 amide bonds. The van der Waals surface area contributed by atoms with Gasteiger partial charge < -0.3 is 11.1 Å². The van der Waals surface area contributed by atoms with Crippen molar-refractivity contribution in [1.29, 1.82) is 0 Å². The summed E-state index contributed by atoms with van der Waals surface area (Å²) < 4.78 is 0. The van der Waals surface area contributed by atoms with Crippen LogP contribution in [0.1, 0.15) is 16.8 Å². The van der Waals surface area contributed by atoms with E-state index in [2.05, 4.69) is 5.32 Å². The first-order valence-electron chi connectivity index (χ1n) is 6.39. The Morgan fingerprint density at radius 3 is 2.45 bits per heavy atom. The Kier molecular flexibility index (Phi) is 4.47. The number of nitrogens with two attached hydrogens (primary N) is 1. The largest absolute Gasteiger partial charge is 0.393 e. The van der Waals surface area contributed by atoms with Gasteiger partial charge in [-0.2, -0.15) is 0 Å². The van der Waals surface area contributed by atoms with Crippen LogP contribution in [0.3, 0.4) is 0 Å². The zero-order valence-corrected chi connectivity index (χ0v) is 11.5. The van der Waals surface area contributed by atoms with E-state index in [0.29, 0.717) is 5.56 Å². The third-order valence-electron chi connectivity index (χ3n) is 2.93. The lowest BCUT2D eigenvalue weighted by atomic mass is 10.1. The summed E-state index contributed by atoms with van der Waals surface area (Å²) in [5.74, 6) is -0.879. The summed E-state index contributed by atoms with van der Waals surface area (Å²) in [5.41, 5.74) is 5.82. The Morgan fingerprint density at radius 2 is 1.82 bits per heavy atom. The van der Waals surface area contributed by atoms with Gasteiger partial charge in [0.25, 0.3) is 5.69 Å². The number of benzene rings is 2. The molecule has 0 heterocycles. The second kappa shape index (κ2) is 6.49. The molecule has 112 valence electrons. The number of carbonyl (C=O) groups is 2. The minimum Gasteiger partial charge on any atom is -0.393 e. The standard InChI is InChI=1S/C15H13N3O4/c16-12-7-6-11(8-13(12)18(21)22)17-15(20)9-14(19)10-4-2-1-3-5-10/h1-8H,9,16H2,(H,17,20). The number of nitrogen functional groups attached to an aromatic ring is 1. The van der Waals surface area contributed by atoms with Crippen LogP contribution in [0.15, 0.2) is 48.5 Å². The van der Waals surface area contributed by atoms with Gasteiger partial charge in [0, 0.05) is 17.3 Å². The second-order valence-corrected chi connectivity index (χ2v) is 4.54. The Balaban J connectivity index is 2.05. The van der Waals surface area contributed by atoms with E-state index in [0.717, 1.165) is 6.07 Å². The molecule has 0 saturated carbocycles. The number of nitro groups is 1. The lowest BCUT2D eigenvalue weighted by molar-refractivity contribution is -0.383. The average Bonchev–Trinajstić information content (AvgIpc) is 2.49. The molecule has 22 heavy (non-hydrogen) atoms. The summed E-state index contributed by atoms with van der Waals surface area (Å²) >= 11 is 0. The van der Waals surface area contributed by atoms with Crippen LogP contribution in [0.25, 0.3) is 0 Å². The normalized spacial score (nSPS) is 10.0. The molecule has 0 aliphatic rings. The zero-order chi connectivity index (χ0) is 16.1. The van der Waals surface area contributed by atoms with Crippen LogP contribution in [0.5, 0.6) is 0 Å². The molecule has 0 unspecified atom stereocenters. The van der Waals surface area contributed by atoms with Crippen molar-refractivity contribution >= 4 is 28.8 Å². The molecule has 2 aromatic carbocycles.